The van der Waals surface area contributed by atoms with E-state index < -0.39 is 7.12 Å². The summed E-state index contributed by atoms with van der Waals surface area (Å²) in [6.45, 7) is 0. The third kappa shape index (κ3) is 1.68. The summed E-state index contributed by atoms with van der Waals surface area (Å²) in [6, 6.07) is 8.70. The maximum atomic E-state index is 8.88. The van der Waals surface area contributed by atoms with Crippen LogP contribution in [0.5, 0.6) is 0 Å². The van der Waals surface area contributed by atoms with Crippen molar-refractivity contribution in [3.05, 3.63) is 42.7 Å². The van der Waals surface area contributed by atoms with E-state index in [0.717, 1.165) is 5.69 Å². The summed E-state index contributed by atoms with van der Waals surface area (Å²) >= 11 is 0. The third-order valence-corrected chi connectivity index (χ3v) is 1.96. The average Bonchev–Trinajstić information content (AvgIpc) is 2.71. The van der Waals surface area contributed by atoms with Crippen molar-refractivity contribution in [2.24, 2.45) is 0 Å². The number of aromatic nitrogens is 2. The molecule has 1 aromatic heterocycles. The summed E-state index contributed by atoms with van der Waals surface area (Å²) in [5, 5.41) is 21.8. The fourth-order valence-corrected chi connectivity index (χ4v) is 1.22. The highest BCUT2D eigenvalue weighted by Gasteiger charge is 2.09. The van der Waals surface area contributed by atoms with Gasteiger partial charge in [-0.3, -0.25) is 0 Å². The minimum absolute atomic E-state index is 0.473. The summed E-state index contributed by atoms with van der Waals surface area (Å²) in [7, 11) is -1.42. The van der Waals surface area contributed by atoms with Crippen LogP contribution in [0.25, 0.3) is 5.69 Å². The Morgan fingerprint density at radius 1 is 1.14 bits per heavy atom. The van der Waals surface area contributed by atoms with Crippen molar-refractivity contribution in [3.63, 3.8) is 0 Å². The van der Waals surface area contributed by atoms with Gasteiger partial charge in [0.25, 0.3) is 0 Å². The molecule has 0 aliphatic heterocycles. The van der Waals surface area contributed by atoms with E-state index in [9.17, 15) is 0 Å². The van der Waals surface area contributed by atoms with Crippen LogP contribution in [-0.4, -0.2) is 26.9 Å². The van der Waals surface area contributed by atoms with Crippen LogP contribution in [0.15, 0.2) is 42.7 Å². The van der Waals surface area contributed by atoms with Crippen molar-refractivity contribution in [1.29, 1.82) is 0 Å². The zero-order valence-corrected chi connectivity index (χ0v) is 7.41. The number of rotatable bonds is 2. The molecule has 0 aliphatic carbocycles. The quantitative estimate of drug-likeness (QED) is 0.627. The average molecular weight is 188 g/mol. The molecule has 70 valence electrons. The molecule has 0 bridgehead atoms. The van der Waals surface area contributed by atoms with Crippen LogP contribution < -0.4 is 5.46 Å². The van der Waals surface area contributed by atoms with E-state index in [1.54, 1.807) is 35.1 Å². The number of benzene rings is 1. The van der Waals surface area contributed by atoms with E-state index in [4.69, 9.17) is 10.0 Å². The molecule has 0 saturated carbocycles. The lowest BCUT2D eigenvalue weighted by Gasteiger charge is -2.02. The molecule has 1 aromatic carbocycles. The second-order valence-corrected chi connectivity index (χ2v) is 2.92. The second kappa shape index (κ2) is 3.65. The van der Waals surface area contributed by atoms with E-state index in [1.165, 1.54) is 0 Å². The second-order valence-electron chi connectivity index (χ2n) is 2.92. The lowest BCUT2D eigenvalue weighted by atomic mass is 9.80. The summed E-state index contributed by atoms with van der Waals surface area (Å²) in [6.07, 6.45) is 3.51. The highest BCUT2D eigenvalue weighted by molar-refractivity contribution is 6.58. The van der Waals surface area contributed by atoms with Crippen molar-refractivity contribution in [2.45, 2.75) is 0 Å². The van der Waals surface area contributed by atoms with Gasteiger partial charge in [0, 0.05) is 12.4 Å². The Kier molecular flexibility index (Phi) is 2.34. The predicted molar refractivity (Wildman–Crippen MR) is 53.4 cm³/mol. The Bertz CT molecular complexity index is 397. The number of hydrogen-bond acceptors (Lipinski definition) is 3. The van der Waals surface area contributed by atoms with Gasteiger partial charge in [-0.05, 0) is 23.7 Å². The number of nitrogens with zero attached hydrogens (tertiary/aromatic N) is 2. The van der Waals surface area contributed by atoms with E-state index in [1.807, 2.05) is 12.3 Å². The van der Waals surface area contributed by atoms with Gasteiger partial charge in [0.15, 0.2) is 0 Å². The van der Waals surface area contributed by atoms with Gasteiger partial charge in [0.1, 0.15) is 0 Å². The first kappa shape index (κ1) is 8.99. The van der Waals surface area contributed by atoms with Crippen molar-refractivity contribution in [2.75, 3.05) is 0 Å². The number of hydrogen-bond donors (Lipinski definition) is 2. The SMILES string of the molecule is OB(O)c1ccc(-n2cccn2)cc1. The van der Waals surface area contributed by atoms with Gasteiger partial charge in [0.05, 0.1) is 5.69 Å². The molecular formula is C9H9BN2O2. The van der Waals surface area contributed by atoms with Gasteiger partial charge < -0.3 is 10.0 Å². The van der Waals surface area contributed by atoms with Crippen molar-refractivity contribution in [3.8, 4) is 5.69 Å². The van der Waals surface area contributed by atoms with E-state index >= 15 is 0 Å². The molecule has 2 aromatic rings. The molecule has 0 radical (unpaired) electrons. The topological polar surface area (TPSA) is 58.3 Å². The van der Waals surface area contributed by atoms with E-state index in [0.29, 0.717) is 5.46 Å². The molecule has 0 fully saturated rings. The zero-order valence-electron chi connectivity index (χ0n) is 7.41. The van der Waals surface area contributed by atoms with Crippen LogP contribution in [0.1, 0.15) is 0 Å². The third-order valence-electron chi connectivity index (χ3n) is 1.96. The van der Waals surface area contributed by atoms with Crippen molar-refractivity contribution >= 4 is 12.6 Å². The molecule has 0 aliphatic rings. The standard InChI is InChI=1S/C9H9BN2O2/c13-10(14)8-2-4-9(5-3-8)12-7-1-6-11-12/h1-7,13-14H. The van der Waals surface area contributed by atoms with Gasteiger partial charge in [-0.25, -0.2) is 4.68 Å². The van der Waals surface area contributed by atoms with Gasteiger partial charge in [0.2, 0.25) is 0 Å². The lowest BCUT2D eigenvalue weighted by molar-refractivity contribution is 0.426. The smallest absolute Gasteiger partial charge is 0.423 e. The molecule has 0 saturated heterocycles. The molecule has 0 amide bonds. The minimum atomic E-state index is -1.42. The Balaban J connectivity index is 2.31. The van der Waals surface area contributed by atoms with Crippen LogP contribution >= 0.6 is 0 Å². The van der Waals surface area contributed by atoms with Crippen LogP contribution in [0.3, 0.4) is 0 Å². The highest BCUT2D eigenvalue weighted by atomic mass is 16.4. The Morgan fingerprint density at radius 2 is 1.86 bits per heavy atom. The molecule has 0 unspecified atom stereocenters. The first-order valence-corrected chi connectivity index (χ1v) is 4.23. The maximum Gasteiger partial charge on any atom is 0.488 e. The van der Waals surface area contributed by atoms with E-state index in [-0.39, 0.29) is 0 Å². The molecule has 2 N–H and O–H groups in total. The fourth-order valence-electron chi connectivity index (χ4n) is 1.22. The molecule has 0 spiro atoms. The molecule has 14 heavy (non-hydrogen) atoms. The molecular weight excluding hydrogens is 179 g/mol. The molecule has 0 atom stereocenters. The summed E-state index contributed by atoms with van der Waals surface area (Å²) in [4.78, 5) is 0. The van der Waals surface area contributed by atoms with Crippen LogP contribution in [0, 0.1) is 0 Å². The molecule has 2 rings (SSSR count). The van der Waals surface area contributed by atoms with Gasteiger partial charge >= 0.3 is 7.12 Å². The van der Waals surface area contributed by atoms with Crippen molar-refractivity contribution < 1.29 is 10.0 Å². The van der Waals surface area contributed by atoms with Gasteiger partial charge in [-0.2, -0.15) is 5.10 Å². The van der Waals surface area contributed by atoms with Crippen molar-refractivity contribution in [1.82, 2.24) is 9.78 Å². The van der Waals surface area contributed by atoms with Gasteiger partial charge in [-0.1, -0.05) is 12.1 Å². The van der Waals surface area contributed by atoms with Crippen LogP contribution in [0.2, 0.25) is 0 Å². The first-order chi connectivity index (χ1) is 6.77. The Hall–Kier alpha value is -1.59. The van der Waals surface area contributed by atoms with Crippen LogP contribution in [0.4, 0.5) is 0 Å². The molecule has 5 heteroatoms. The lowest BCUT2D eigenvalue weighted by Crippen LogP contribution is -2.29. The maximum absolute atomic E-state index is 8.88. The molecule has 4 nitrogen and oxygen atoms in total. The summed E-state index contributed by atoms with van der Waals surface area (Å²) in [5.41, 5.74) is 1.36. The fraction of sp³-hybridized carbons (Fsp3) is 0. The predicted octanol–water partition coefficient (Wildman–Crippen LogP) is -0.448. The minimum Gasteiger partial charge on any atom is -0.423 e. The summed E-state index contributed by atoms with van der Waals surface area (Å²) < 4.78 is 1.70. The van der Waals surface area contributed by atoms with Gasteiger partial charge in [-0.15, -0.1) is 0 Å². The molecule has 1 heterocycles. The zero-order chi connectivity index (χ0) is 9.97. The Labute approximate surface area is 81.6 Å². The highest BCUT2D eigenvalue weighted by Crippen LogP contribution is 2.03. The summed E-state index contributed by atoms with van der Waals surface area (Å²) in [5.74, 6) is 0. The monoisotopic (exact) mass is 188 g/mol. The van der Waals surface area contributed by atoms with E-state index in [2.05, 4.69) is 5.10 Å². The van der Waals surface area contributed by atoms with Crippen LogP contribution in [-0.2, 0) is 0 Å². The first-order valence-electron chi connectivity index (χ1n) is 4.23. The largest absolute Gasteiger partial charge is 0.488 e. The normalized spacial score (nSPS) is 10.1. The Morgan fingerprint density at radius 3 is 2.36 bits per heavy atom.